The summed E-state index contributed by atoms with van der Waals surface area (Å²) in [4.78, 5) is 12.2. The number of ether oxygens (including phenoxy) is 1. The van der Waals surface area contributed by atoms with E-state index in [1.54, 1.807) is 0 Å². The van der Waals surface area contributed by atoms with Gasteiger partial charge in [0, 0.05) is 6.08 Å². The van der Waals surface area contributed by atoms with Gasteiger partial charge in [0.05, 0.1) is 13.7 Å². The van der Waals surface area contributed by atoms with E-state index in [9.17, 15) is 13.2 Å². The monoisotopic (exact) mass is 285 g/mol. The van der Waals surface area contributed by atoms with Crippen LogP contribution in [0, 0.1) is 0 Å². The zero-order valence-corrected chi connectivity index (χ0v) is 12.4. The van der Waals surface area contributed by atoms with Crippen LogP contribution in [0.15, 0.2) is 12.7 Å². The quantitative estimate of drug-likeness (QED) is 0.462. The number of esters is 1. The zero-order chi connectivity index (χ0) is 15.2. The number of hydrogen-bond donors (Lipinski definition) is 1. The molecule has 0 aliphatic heterocycles. The first-order valence-electron chi connectivity index (χ1n) is 5.03. The lowest BCUT2D eigenvalue weighted by atomic mass is 10.5. The third kappa shape index (κ3) is 45.9. The summed E-state index contributed by atoms with van der Waals surface area (Å²) in [6, 6.07) is 0. The Morgan fingerprint density at radius 2 is 1.72 bits per heavy atom. The molecule has 8 heteroatoms. The van der Waals surface area contributed by atoms with Gasteiger partial charge >= 0.3 is 16.4 Å². The van der Waals surface area contributed by atoms with E-state index in [0.29, 0.717) is 6.61 Å². The fraction of sp³-hybridized carbons (Fsp3) is 0.700. The lowest BCUT2D eigenvalue weighted by Crippen LogP contribution is -1.99. The molecule has 0 aromatic heterocycles. The molecule has 0 rings (SSSR count). The van der Waals surface area contributed by atoms with Crippen LogP contribution < -0.4 is 0 Å². The molecule has 18 heavy (non-hydrogen) atoms. The maximum atomic E-state index is 10.2. The van der Waals surface area contributed by atoms with E-state index in [-0.39, 0.29) is 5.97 Å². The SMILES string of the molecule is C=CC(=O)OCCC.CN(C)C.COS(=O)(=O)O. The molecule has 0 aromatic carbocycles. The molecule has 0 atom stereocenters. The number of rotatable bonds is 4. The molecule has 0 spiro atoms. The second-order valence-corrected chi connectivity index (χ2v) is 4.50. The van der Waals surface area contributed by atoms with Gasteiger partial charge in [-0.1, -0.05) is 13.5 Å². The molecule has 0 radical (unpaired) electrons. The highest BCUT2D eigenvalue weighted by Crippen LogP contribution is 1.81. The predicted octanol–water partition coefficient (Wildman–Crippen LogP) is 0.739. The van der Waals surface area contributed by atoms with E-state index in [1.807, 2.05) is 33.0 Å². The zero-order valence-electron chi connectivity index (χ0n) is 11.5. The van der Waals surface area contributed by atoms with Crippen molar-refractivity contribution in [2.24, 2.45) is 0 Å². The molecule has 0 saturated carbocycles. The summed E-state index contributed by atoms with van der Waals surface area (Å²) < 4.78 is 34.3. The number of hydrogen-bond acceptors (Lipinski definition) is 6. The Balaban J connectivity index is -0.000000200. The van der Waals surface area contributed by atoms with Gasteiger partial charge in [-0.15, -0.1) is 0 Å². The van der Waals surface area contributed by atoms with Crippen LogP contribution in [0.25, 0.3) is 0 Å². The van der Waals surface area contributed by atoms with Crippen LogP contribution in [0.3, 0.4) is 0 Å². The fourth-order valence-corrected chi connectivity index (χ4v) is 0.262. The molecular weight excluding hydrogens is 262 g/mol. The Labute approximate surface area is 109 Å². The van der Waals surface area contributed by atoms with Crippen LogP contribution in [0.5, 0.6) is 0 Å². The first-order valence-corrected chi connectivity index (χ1v) is 6.40. The number of carbonyl (C=O) groups is 1. The summed E-state index contributed by atoms with van der Waals surface area (Å²) in [5.41, 5.74) is 0. The van der Waals surface area contributed by atoms with Crippen molar-refractivity contribution in [3.05, 3.63) is 12.7 Å². The van der Waals surface area contributed by atoms with E-state index in [1.165, 1.54) is 0 Å². The highest BCUT2D eigenvalue weighted by molar-refractivity contribution is 7.80. The van der Waals surface area contributed by atoms with Crippen molar-refractivity contribution >= 4 is 16.4 Å². The minimum atomic E-state index is -4.16. The largest absolute Gasteiger partial charge is 0.463 e. The lowest BCUT2D eigenvalue weighted by Gasteiger charge is -1.94. The van der Waals surface area contributed by atoms with E-state index in [2.05, 4.69) is 15.5 Å². The molecule has 0 unspecified atom stereocenters. The summed E-state index contributed by atoms with van der Waals surface area (Å²) in [6.07, 6.45) is 2.02. The van der Waals surface area contributed by atoms with Crippen molar-refractivity contribution in [3.8, 4) is 0 Å². The number of nitrogens with zero attached hydrogens (tertiary/aromatic N) is 1. The van der Waals surface area contributed by atoms with Gasteiger partial charge in [0.2, 0.25) is 0 Å². The van der Waals surface area contributed by atoms with Crippen LogP contribution in [-0.4, -0.2) is 58.7 Å². The molecule has 1 N–H and O–H groups in total. The third-order valence-corrected chi connectivity index (χ3v) is 1.25. The van der Waals surface area contributed by atoms with E-state index < -0.39 is 10.4 Å². The van der Waals surface area contributed by atoms with Gasteiger partial charge in [-0.2, -0.15) is 8.42 Å². The highest BCUT2D eigenvalue weighted by Gasteiger charge is 1.94. The van der Waals surface area contributed by atoms with Gasteiger partial charge in [-0.3, -0.25) is 8.74 Å². The molecule has 110 valence electrons. The molecular formula is C10H23NO6S. The van der Waals surface area contributed by atoms with Crippen molar-refractivity contribution in [2.45, 2.75) is 13.3 Å². The minimum absolute atomic E-state index is 0.341. The first kappa shape index (κ1) is 22.2. The molecule has 0 amide bonds. The molecule has 0 heterocycles. The second kappa shape index (κ2) is 14.1. The summed E-state index contributed by atoms with van der Waals surface area (Å²) in [5.74, 6) is -0.341. The van der Waals surface area contributed by atoms with Crippen LogP contribution >= 0.6 is 0 Å². The summed E-state index contributed by atoms with van der Waals surface area (Å²) in [6.45, 7) is 5.67. The van der Waals surface area contributed by atoms with Crippen molar-refractivity contribution in [2.75, 3.05) is 34.9 Å². The van der Waals surface area contributed by atoms with Gasteiger partial charge in [0.1, 0.15) is 0 Å². The lowest BCUT2D eigenvalue weighted by molar-refractivity contribution is -0.137. The average molecular weight is 285 g/mol. The van der Waals surface area contributed by atoms with Crippen molar-refractivity contribution < 1.29 is 26.7 Å². The predicted molar refractivity (Wildman–Crippen MR) is 69.6 cm³/mol. The van der Waals surface area contributed by atoms with Gasteiger partial charge in [0.25, 0.3) is 0 Å². The topological polar surface area (TPSA) is 93.1 Å². The summed E-state index contributed by atoms with van der Waals surface area (Å²) >= 11 is 0. The van der Waals surface area contributed by atoms with Crippen LogP contribution in [-0.2, 0) is 24.1 Å². The molecule has 0 aromatic rings. The fourth-order valence-electron chi connectivity index (χ4n) is 0.262. The Morgan fingerprint density at radius 1 is 1.39 bits per heavy atom. The summed E-state index contributed by atoms with van der Waals surface area (Å²) in [7, 11) is 2.71. The van der Waals surface area contributed by atoms with Crippen molar-refractivity contribution in [1.29, 1.82) is 0 Å². The van der Waals surface area contributed by atoms with Gasteiger partial charge in [0.15, 0.2) is 0 Å². The van der Waals surface area contributed by atoms with Crippen LogP contribution in [0.1, 0.15) is 13.3 Å². The maximum Gasteiger partial charge on any atom is 0.397 e. The highest BCUT2D eigenvalue weighted by atomic mass is 32.3. The number of carbonyl (C=O) groups excluding carboxylic acids is 1. The maximum absolute atomic E-state index is 10.2. The molecule has 0 bridgehead atoms. The van der Waals surface area contributed by atoms with Gasteiger partial charge < -0.3 is 9.64 Å². The summed E-state index contributed by atoms with van der Waals surface area (Å²) in [5, 5.41) is 0. The Hall–Kier alpha value is -0.960. The van der Waals surface area contributed by atoms with E-state index in [0.717, 1.165) is 19.6 Å². The van der Waals surface area contributed by atoms with Crippen molar-refractivity contribution in [3.63, 3.8) is 0 Å². The average Bonchev–Trinajstić information content (AvgIpc) is 2.25. The molecule has 0 fully saturated rings. The first-order chi connectivity index (χ1) is 8.10. The normalized spacial score (nSPS) is 9.50. The Bertz CT molecular complexity index is 297. The molecule has 7 nitrogen and oxygen atoms in total. The third-order valence-electron chi connectivity index (χ3n) is 0.826. The second-order valence-electron chi connectivity index (χ2n) is 3.31. The Morgan fingerprint density at radius 3 is 1.89 bits per heavy atom. The van der Waals surface area contributed by atoms with E-state index in [4.69, 9.17) is 4.55 Å². The smallest absolute Gasteiger partial charge is 0.397 e. The van der Waals surface area contributed by atoms with Crippen LogP contribution in [0.2, 0.25) is 0 Å². The molecule has 0 aliphatic rings. The van der Waals surface area contributed by atoms with Crippen molar-refractivity contribution in [1.82, 2.24) is 4.90 Å². The van der Waals surface area contributed by atoms with Crippen LogP contribution in [0.4, 0.5) is 0 Å². The van der Waals surface area contributed by atoms with Gasteiger partial charge in [-0.25, -0.2) is 4.79 Å². The van der Waals surface area contributed by atoms with Gasteiger partial charge in [-0.05, 0) is 27.6 Å². The van der Waals surface area contributed by atoms with E-state index >= 15 is 0 Å². The molecule has 0 aliphatic carbocycles. The molecule has 0 saturated heterocycles. The Kier molecular flexibility index (Phi) is 17.4. The minimum Gasteiger partial charge on any atom is -0.463 e. The standard InChI is InChI=1S/C6H10O2.C3H9N.CH4O4S/c1-3-5-8-6(7)4-2;1-4(2)3;1-5-6(2,3)4/h4H,2-3,5H2,1H3;1-3H3;1H3,(H,2,3,4).